The summed E-state index contributed by atoms with van der Waals surface area (Å²) in [5.74, 6) is -4.48. The largest absolute Gasteiger partial charge is 0.391 e. The Hall–Kier alpha value is -3.32. The molecule has 2 amide bonds. The monoisotopic (exact) mass is 730 g/mol. The van der Waals surface area contributed by atoms with Crippen molar-refractivity contribution in [2.75, 3.05) is 29.9 Å². The highest BCUT2D eigenvalue weighted by Gasteiger charge is 2.41. The van der Waals surface area contributed by atoms with Gasteiger partial charge < -0.3 is 25.4 Å². The lowest BCUT2D eigenvalue weighted by Crippen LogP contribution is -2.40. The number of fused-ring (bicyclic) bond motifs is 1. The quantitative estimate of drug-likeness (QED) is 0.202. The van der Waals surface area contributed by atoms with Crippen molar-refractivity contribution >= 4 is 63.4 Å². The Morgan fingerprint density at radius 1 is 1.00 bits per heavy atom. The van der Waals surface area contributed by atoms with Crippen LogP contribution in [0.4, 0.5) is 39.3 Å². The average Bonchev–Trinajstić information content (AvgIpc) is 3.33. The van der Waals surface area contributed by atoms with Crippen LogP contribution in [0.5, 0.6) is 0 Å². The molecule has 0 spiro atoms. The zero-order chi connectivity index (χ0) is 35.9. The van der Waals surface area contributed by atoms with E-state index in [1.165, 1.54) is 0 Å². The second-order valence-electron chi connectivity index (χ2n) is 14.1. The standard InChI is InChI=1S/C34H41Cl2F5N6O2/c1-32(2,3)30(49)43-18-20-7-10-23(35)28(27(20)36)45-31-44-24-15-22(29(48)42-17-19-5-8-21(9-6-19)34(39,40)41)25(16-26(24)46(31)4)47-13-11-33(37,38)12-14-47/h7,10,15-16,19,21H,5-6,8-9,11-14,17-18H2,1-4H3,(H,42,48)(H,43,49)(H,44,45). The molecule has 8 nitrogen and oxygen atoms in total. The lowest BCUT2D eigenvalue weighted by molar-refractivity contribution is -0.183. The molecule has 0 bridgehead atoms. The van der Waals surface area contributed by atoms with E-state index in [0.29, 0.717) is 51.8 Å². The van der Waals surface area contributed by atoms with Gasteiger partial charge in [-0.15, -0.1) is 0 Å². The van der Waals surface area contributed by atoms with Crippen LogP contribution in [-0.4, -0.2) is 53.1 Å². The predicted molar refractivity (Wildman–Crippen MR) is 182 cm³/mol. The number of aromatic nitrogens is 2. The van der Waals surface area contributed by atoms with Crippen LogP contribution in [-0.2, 0) is 18.4 Å². The first-order valence-electron chi connectivity index (χ1n) is 16.3. The Labute approximate surface area is 292 Å². The summed E-state index contributed by atoms with van der Waals surface area (Å²) in [6, 6.07) is 6.70. The van der Waals surface area contributed by atoms with Crippen molar-refractivity contribution in [2.24, 2.45) is 24.3 Å². The number of carbonyl (C=O) groups excluding carboxylic acids is 2. The second-order valence-corrected chi connectivity index (χ2v) is 14.9. The van der Waals surface area contributed by atoms with Crippen molar-refractivity contribution < 1.29 is 31.5 Å². The lowest BCUT2D eigenvalue weighted by Gasteiger charge is -2.34. The summed E-state index contributed by atoms with van der Waals surface area (Å²) in [7, 11) is 1.75. The Bertz CT molecular complexity index is 1700. The Kier molecular flexibility index (Phi) is 10.7. The van der Waals surface area contributed by atoms with Gasteiger partial charge in [-0.25, -0.2) is 13.8 Å². The number of benzene rings is 2. The van der Waals surface area contributed by atoms with Gasteiger partial charge >= 0.3 is 6.18 Å². The fourth-order valence-electron chi connectivity index (χ4n) is 6.28. The summed E-state index contributed by atoms with van der Waals surface area (Å²) in [5, 5.41) is 9.53. The third kappa shape index (κ3) is 8.53. The molecule has 0 atom stereocenters. The van der Waals surface area contributed by atoms with Gasteiger partial charge in [0.05, 0.1) is 43.9 Å². The van der Waals surface area contributed by atoms with Gasteiger partial charge in [0.15, 0.2) is 0 Å². The summed E-state index contributed by atoms with van der Waals surface area (Å²) in [6.07, 6.45) is -4.20. The Balaban J connectivity index is 1.41. The van der Waals surface area contributed by atoms with Crippen LogP contribution in [0, 0.1) is 17.3 Å². The van der Waals surface area contributed by atoms with Crippen LogP contribution >= 0.6 is 23.2 Å². The van der Waals surface area contributed by atoms with E-state index in [-0.39, 0.29) is 74.3 Å². The van der Waals surface area contributed by atoms with E-state index >= 15 is 0 Å². The maximum atomic E-state index is 14.1. The predicted octanol–water partition coefficient (Wildman–Crippen LogP) is 8.62. The van der Waals surface area contributed by atoms with Gasteiger partial charge in [-0.05, 0) is 55.4 Å². The number of piperidine rings is 1. The van der Waals surface area contributed by atoms with Gasteiger partial charge in [0.25, 0.3) is 11.8 Å². The molecule has 3 aromatic rings. The van der Waals surface area contributed by atoms with E-state index in [0.717, 1.165) is 0 Å². The minimum atomic E-state index is -4.22. The molecular weight excluding hydrogens is 690 g/mol. The number of halogens is 7. The van der Waals surface area contributed by atoms with E-state index in [9.17, 15) is 31.5 Å². The summed E-state index contributed by atoms with van der Waals surface area (Å²) in [6.45, 7) is 5.86. The van der Waals surface area contributed by atoms with Crippen molar-refractivity contribution in [3.63, 3.8) is 0 Å². The van der Waals surface area contributed by atoms with Gasteiger partial charge in [0.1, 0.15) is 0 Å². The van der Waals surface area contributed by atoms with E-state index in [4.69, 9.17) is 28.2 Å². The molecule has 0 radical (unpaired) electrons. The second kappa shape index (κ2) is 14.1. The van der Waals surface area contributed by atoms with Crippen LogP contribution in [0.25, 0.3) is 11.0 Å². The summed E-state index contributed by atoms with van der Waals surface area (Å²) in [4.78, 5) is 32.5. The van der Waals surface area contributed by atoms with Crippen molar-refractivity contribution in [2.45, 2.75) is 77.9 Å². The molecule has 1 aromatic heterocycles. The highest BCUT2D eigenvalue weighted by molar-refractivity contribution is 6.39. The minimum absolute atomic E-state index is 0.0233. The number of alkyl halides is 5. The van der Waals surface area contributed by atoms with Crippen LogP contribution in [0.1, 0.15) is 75.2 Å². The smallest absolute Gasteiger partial charge is 0.370 e. The molecular formula is C34H41Cl2F5N6O2. The van der Waals surface area contributed by atoms with Gasteiger partial charge in [0.2, 0.25) is 11.9 Å². The molecule has 2 heterocycles. The molecule has 268 valence electrons. The highest BCUT2D eigenvalue weighted by Crippen LogP contribution is 2.40. The molecule has 2 aliphatic rings. The zero-order valence-electron chi connectivity index (χ0n) is 27.8. The SMILES string of the molecule is Cn1c(Nc2c(Cl)ccc(CNC(=O)C(C)(C)C)c2Cl)nc2cc(C(=O)NCC3CCC(C(F)(F)F)CC3)c(N3CCC(F)(F)CC3)cc21. The van der Waals surface area contributed by atoms with Crippen LogP contribution in [0.3, 0.4) is 0 Å². The first kappa shape index (κ1) is 36.9. The van der Waals surface area contributed by atoms with E-state index in [1.54, 1.807) is 61.6 Å². The van der Waals surface area contributed by atoms with Crippen LogP contribution in [0.2, 0.25) is 10.0 Å². The normalized spacial score (nSPS) is 19.9. The van der Waals surface area contributed by atoms with Gasteiger partial charge in [-0.1, -0.05) is 50.0 Å². The molecule has 1 saturated heterocycles. The molecule has 1 saturated carbocycles. The number of nitrogens with zero attached hydrogens (tertiary/aromatic N) is 3. The molecule has 1 aliphatic heterocycles. The number of imidazole rings is 1. The third-order valence-corrected chi connectivity index (χ3v) is 10.2. The number of aryl methyl sites for hydroxylation is 1. The number of hydrogen-bond acceptors (Lipinski definition) is 5. The first-order chi connectivity index (χ1) is 22.8. The van der Waals surface area contributed by atoms with E-state index in [1.807, 2.05) is 0 Å². The van der Waals surface area contributed by atoms with Gasteiger partial charge in [-0.3, -0.25) is 9.59 Å². The van der Waals surface area contributed by atoms with Gasteiger partial charge in [-0.2, -0.15) is 13.2 Å². The topological polar surface area (TPSA) is 91.3 Å². The molecule has 15 heteroatoms. The number of anilines is 3. The summed E-state index contributed by atoms with van der Waals surface area (Å²) in [5.41, 5.74) is 2.14. The molecule has 2 fully saturated rings. The van der Waals surface area contributed by atoms with E-state index < -0.39 is 29.3 Å². The Morgan fingerprint density at radius 3 is 2.27 bits per heavy atom. The maximum Gasteiger partial charge on any atom is 0.391 e. The number of amides is 2. The van der Waals surface area contributed by atoms with Crippen molar-refractivity contribution in [1.82, 2.24) is 20.2 Å². The fraction of sp³-hybridized carbons (Fsp3) is 0.559. The van der Waals surface area contributed by atoms with Crippen molar-refractivity contribution in [1.29, 1.82) is 0 Å². The lowest BCUT2D eigenvalue weighted by atomic mass is 9.81. The number of nitrogens with one attached hydrogen (secondary N) is 3. The highest BCUT2D eigenvalue weighted by atomic mass is 35.5. The molecule has 2 aromatic carbocycles. The zero-order valence-corrected chi connectivity index (χ0v) is 29.4. The molecule has 1 aliphatic carbocycles. The summed E-state index contributed by atoms with van der Waals surface area (Å²) >= 11 is 13.3. The van der Waals surface area contributed by atoms with Gasteiger partial charge in [0, 0.05) is 51.5 Å². The van der Waals surface area contributed by atoms with Crippen molar-refractivity contribution in [3.05, 3.63) is 45.4 Å². The molecule has 3 N–H and O–H groups in total. The molecule has 5 rings (SSSR count). The minimum Gasteiger partial charge on any atom is -0.370 e. The fourth-order valence-corrected chi connectivity index (χ4v) is 6.81. The Morgan fingerprint density at radius 2 is 1.65 bits per heavy atom. The summed E-state index contributed by atoms with van der Waals surface area (Å²) < 4.78 is 69.4. The molecule has 49 heavy (non-hydrogen) atoms. The van der Waals surface area contributed by atoms with Crippen LogP contribution < -0.4 is 20.9 Å². The van der Waals surface area contributed by atoms with Crippen molar-refractivity contribution in [3.8, 4) is 0 Å². The number of carbonyl (C=O) groups is 2. The third-order valence-electron chi connectivity index (χ3n) is 9.47. The molecule has 0 unspecified atom stereocenters. The maximum absolute atomic E-state index is 14.1. The first-order valence-corrected chi connectivity index (χ1v) is 17.1. The number of rotatable bonds is 8. The van der Waals surface area contributed by atoms with E-state index in [2.05, 4.69) is 16.0 Å². The number of hydrogen-bond donors (Lipinski definition) is 3. The average molecular weight is 732 g/mol. The van der Waals surface area contributed by atoms with Crippen LogP contribution in [0.15, 0.2) is 24.3 Å².